The number of pyridine rings is 1. The third kappa shape index (κ3) is 5.59. The number of hydrogen-bond donors (Lipinski definition) is 1. The molecular formula is C20H13Cl2F3N2O2S. The lowest BCUT2D eigenvalue weighted by atomic mass is 10.2. The fourth-order valence-electron chi connectivity index (χ4n) is 2.50. The van der Waals surface area contributed by atoms with Gasteiger partial charge in [-0.15, -0.1) is 0 Å². The molecule has 4 nitrogen and oxygen atoms in total. The number of carbonyl (C=O) groups is 1. The largest absolute Gasteiger partial charge is 0.417 e. The van der Waals surface area contributed by atoms with E-state index in [2.05, 4.69) is 5.32 Å². The summed E-state index contributed by atoms with van der Waals surface area (Å²) in [5, 5.41) is 2.60. The van der Waals surface area contributed by atoms with E-state index in [4.69, 9.17) is 23.2 Å². The van der Waals surface area contributed by atoms with E-state index in [0.717, 1.165) is 4.90 Å². The second-order valence-electron chi connectivity index (χ2n) is 6.11. The first-order chi connectivity index (χ1) is 14.1. The van der Waals surface area contributed by atoms with Crippen molar-refractivity contribution >= 4 is 46.6 Å². The Kier molecular flexibility index (Phi) is 6.80. The fraction of sp³-hybridized carbons (Fsp3) is 0.100. The molecule has 0 unspecified atom stereocenters. The van der Waals surface area contributed by atoms with Gasteiger partial charge in [0.15, 0.2) is 0 Å². The summed E-state index contributed by atoms with van der Waals surface area (Å²) < 4.78 is 39.5. The van der Waals surface area contributed by atoms with Crippen LogP contribution in [0.4, 0.5) is 18.9 Å². The number of hydrogen-bond acceptors (Lipinski definition) is 3. The minimum Gasteiger partial charge on any atom is -0.324 e. The molecule has 0 aliphatic carbocycles. The van der Waals surface area contributed by atoms with E-state index in [1.807, 2.05) is 12.1 Å². The van der Waals surface area contributed by atoms with Crippen LogP contribution in [-0.4, -0.2) is 10.5 Å². The summed E-state index contributed by atoms with van der Waals surface area (Å²) in [6.07, 6.45) is -4.13. The SMILES string of the molecule is O=C(Cn1cc(C(F)(F)F)cc(Cl)c1=O)Nc1ccccc1Sc1ccc(Cl)cc1. The Hall–Kier alpha value is -2.42. The molecule has 1 aromatic heterocycles. The molecule has 1 amide bonds. The number of carbonyl (C=O) groups excluding carboxylic acids is 1. The Morgan fingerprint density at radius 2 is 1.73 bits per heavy atom. The minimum atomic E-state index is -4.70. The number of nitrogens with zero attached hydrogens (tertiary/aromatic N) is 1. The van der Waals surface area contributed by atoms with Crippen molar-refractivity contribution in [1.82, 2.24) is 4.57 Å². The first-order valence-corrected chi connectivity index (χ1v) is 10.0. The number of para-hydroxylation sites is 1. The highest BCUT2D eigenvalue weighted by molar-refractivity contribution is 7.99. The zero-order valence-corrected chi connectivity index (χ0v) is 17.4. The topological polar surface area (TPSA) is 51.1 Å². The van der Waals surface area contributed by atoms with Gasteiger partial charge in [-0.05, 0) is 42.5 Å². The second-order valence-corrected chi connectivity index (χ2v) is 8.07. The van der Waals surface area contributed by atoms with Gasteiger partial charge in [0.2, 0.25) is 5.91 Å². The Bertz CT molecular complexity index is 1130. The number of benzene rings is 2. The molecule has 3 aromatic rings. The Labute approximate surface area is 183 Å². The fourth-order valence-corrected chi connectivity index (χ4v) is 3.76. The summed E-state index contributed by atoms with van der Waals surface area (Å²) in [5.74, 6) is -0.670. The number of anilines is 1. The number of alkyl halides is 3. The van der Waals surface area contributed by atoms with Crippen LogP contribution in [0.5, 0.6) is 0 Å². The third-order valence-corrected chi connectivity index (χ3v) is 5.49. The van der Waals surface area contributed by atoms with Crippen molar-refractivity contribution in [3.63, 3.8) is 0 Å². The average Bonchev–Trinajstić information content (AvgIpc) is 2.67. The van der Waals surface area contributed by atoms with Crippen LogP contribution in [-0.2, 0) is 17.5 Å². The van der Waals surface area contributed by atoms with E-state index < -0.39 is 34.8 Å². The van der Waals surface area contributed by atoms with Crippen molar-refractivity contribution in [1.29, 1.82) is 0 Å². The molecule has 0 radical (unpaired) electrons. The van der Waals surface area contributed by atoms with E-state index in [-0.39, 0.29) is 0 Å². The van der Waals surface area contributed by atoms with Gasteiger partial charge in [0.05, 0.1) is 11.3 Å². The third-order valence-electron chi connectivity index (χ3n) is 3.89. The monoisotopic (exact) mass is 472 g/mol. The van der Waals surface area contributed by atoms with Crippen LogP contribution in [0, 0.1) is 0 Å². The van der Waals surface area contributed by atoms with E-state index in [9.17, 15) is 22.8 Å². The van der Waals surface area contributed by atoms with Crippen LogP contribution in [0.2, 0.25) is 10.0 Å². The van der Waals surface area contributed by atoms with Gasteiger partial charge in [-0.25, -0.2) is 0 Å². The molecule has 0 bridgehead atoms. The van der Waals surface area contributed by atoms with E-state index in [0.29, 0.717) is 32.4 Å². The molecule has 30 heavy (non-hydrogen) atoms. The summed E-state index contributed by atoms with van der Waals surface area (Å²) >= 11 is 12.9. The van der Waals surface area contributed by atoms with E-state index in [1.54, 1.807) is 36.4 Å². The number of aromatic nitrogens is 1. The normalized spacial score (nSPS) is 11.4. The van der Waals surface area contributed by atoms with Gasteiger partial charge in [-0.1, -0.05) is 47.1 Å². The Morgan fingerprint density at radius 1 is 1.07 bits per heavy atom. The predicted molar refractivity (Wildman–Crippen MR) is 111 cm³/mol. The van der Waals surface area contributed by atoms with Gasteiger partial charge in [0, 0.05) is 21.0 Å². The average molecular weight is 473 g/mol. The maximum atomic E-state index is 13.0. The van der Waals surface area contributed by atoms with Crippen LogP contribution >= 0.6 is 35.0 Å². The zero-order chi connectivity index (χ0) is 21.9. The van der Waals surface area contributed by atoms with Crippen LogP contribution in [0.3, 0.4) is 0 Å². The molecule has 0 aliphatic heterocycles. The van der Waals surface area contributed by atoms with E-state index >= 15 is 0 Å². The highest BCUT2D eigenvalue weighted by Crippen LogP contribution is 2.34. The molecule has 10 heteroatoms. The molecular weight excluding hydrogens is 460 g/mol. The van der Waals surface area contributed by atoms with Crippen molar-refractivity contribution in [3.05, 3.63) is 86.8 Å². The molecule has 2 aromatic carbocycles. The highest BCUT2D eigenvalue weighted by Gasteiger charge is 2.32. The van der Waals surface area contributed by atoms with E-state index in [1.165, 1.54) is 11.8 Å². The highest BCUT2D eigenvalue weighted by atomic mass is 35.5. The van der Waals surface area contributed by atoms with Crippen LogP contribution in [0.1, 0.15) is 5.56 Å². The summed E-state index contributed by atoms with van der Waals surface area (Å²) in [4.78, 5) is 26.1. The Morgan fingerprint density at radius 3 is 2.40 bits per heavy atom. The number of amides is 1. The van der Waals surface area contributed by atoms with Gasteiger partial charge >= 0.3 is 6.18 Å². The lowest BCUT2D eigenvalue weighted by Gasteiger charge is -2.13. The van der Waals surface area contributed by atoms with Crippen molar-refractivity contribution in [2.45, 2.75) is 22.5 Å². The standard InChI is InChI=1S/C20H13Cl2F3N2O2S/c21-13-5-7-14(8-6-13)30-17-4-2-1-3-16(17)26-18(28)11-27-10-12(20(23,24)25)9-15(22)19(27)29/h1-10H,11H2,(H,26,28). The molecule has 0 saturated heterocycles. The van der Waals surface area contributed by atoms with Crippen molar-refractivity contribution in [3.8, 4) is 0 Å². The zero-order valence-electron chi connectivity index (χ0n) is 15.0. The van der Waals surface area contributed by atoms with Crippen LogP contribution < -0.4 is 10.9 Å². The number of nitrogens with one attached hydrogen (secondary N) is 1. The molecule has 0 atom stereocenters. The summed E-state index contributed by atoms with van der Waals surface area (Å²) in [5.41, 5.74) is -1.55. The van der Waals surface area contributed by atoms with Crippen LogP contribution in [0.15, 0.2) is 75.4 Å². The predicted octanol–water partition coefficient (Wildman–Crippen LogP) is 5.96. The van der Waals surface area contributed by atoms with Gasteiger partial charge in [-0.2, -0.15) is 13.2 Å². The second kappa shape index (κ2) is 9.16. The van der Waals surface area contributed by atoms with Crippen molar-refractivity contribution in [2.24, 2.45) is 0 Å². The first-order valence-electron chi connectivity index (χ1n) is 8.43. The van der Waals surface area contributed by atoms with Crippen molar-refractivity contribution < 1.29 is 18.0 Å². The van der Waals surface area contributed by atoms with Crippen molar-refractivity contribution in [2.75, 3.05) is 5.32 Å². The Balaban J connectivity index is 1.80. The number of halogens is 5. The lowest BCUT2D eigenvalue weighted by Crippen LogP contribution is -2.29. The maximum Gasteiger partial charge on any atom is 0.417 e. The summed E-state index contributed by atoms with van der Waals surface area (Å²) in [7, 11) is 0. The summed E-state index contributed by atoms with van der Waals surface area (Å²) in [6, 6.07) is 14.5. The van der Waals surface area contributed by atoms with Gasteiger partial charge in [0.1, 0.15) is 11.6 Å². The molecule has 1 N–H and O–H groups in total. The maximum absolute atomic E-state index is 13.0. The molecule has 0 spiro atoms. The minimum absolute atomic E-state index is 0.452. The lowest BCUT2D eigenvalue weighted by molar-refractivity contribution is -0.138. The molecule has 0 aliphatic rings. The van der Waals surface area contributed by atoms with Gasteiger partial charge in [-0.3, -0.25) is 9.59 Å². The molecule has 156 valence electrons. The molecule has 0 saturated carbocycles. The first kappa shape index (κ1) is 22.3. The quantitative estimate of drug-likeness (QED) is 0.497. The molecule has 0 fully saturated rings. The molecule has 3 rings (SSSR count). The number of rotatable bonds is 5. The van der Waals surface area contributed by atoms with Crippen LogP contribution in [0.25, 0.3) is 0 Å². The summed E-state index contributed by atoms with van der Waals surface area (Å²) in [6.45, 7) is -0.623. The molecule has 1 heterocycles. The van der Waals surface area contributed by atoms with Gasteiger partial charge < -0.3 is 9.88 Å². The van der Waals surface area contributed by atoms with Gasteiger partial charge in [0.25, 0.3) is 5.56 Å². The smallest absolute Gasteiger partial charge is 0.324 e.